The summed E-state index contributed by atoms with van der Waals surface area (Å²) in [5.41, 5.74) is 0. The summed E-state index contributed by atoms with van der Waals surface area (Å²) < 4.78 is 0. The van der Waals surface area contributed by atoms with Crippen LogP contribution >= 0.6 is 21.7 Å². The second-order valence-electron chi connectivity index (χ2n) is 3.41. The summed E-state index contributed by atoms with van der Waals surface area (Å²) >= 11 is 0. The van der Waals surface area contributed by atoms with Crippen molar-refractivity contribution < 1.29 is 0 Å². The minimum absolute atomic E-state index is 0.909. The van der Waals surface area contributed by atoms with Crippen molar-refractivity contribution in [3.8, 4) is 0 Å². The minimum Gasteiger partial charge on any atom is -0.0625 e. The Bertz CT molecular complexity index is 93.3. The highest BCUT2D eigenvalue weighted by atomic mass is 35.7. The molecular formula is C8H15ClS. The molecule has 0 amide bonds. The van der Waals surface area contributed by atoms with Gasteiger partial charge < -0.3 is 0 Å². The van der Waals surface area contributed by atoms with Crippen molar-refractivity contribution in [2.75, 3.05) is 5.75 Å². The van der Waals surface area contributed by atoms with Crippen molar-refractivity contribution in [3.63, 3.8) is 0 Å². The fourth-order valence-corrected chi connectivity index (χ4v) is 2.82. The minimum atomic E-state index is 0.909. The second kappa shape index (κ2) is 4.50. The lowest BCUT2D eigenvalue weighted by atomic mass is 9.84. The van der Waals surface area contributed by atoms with E-state index in [4.69, 9.17) is 10.7 Å². The van der Waals surface area contributed by atoms with E-state index in [-0.39, 0.29) is 0 Å². The molecule has 1 aliphatic carbocycles. The van der Waals surface area contributed by atoms with Crippen LogP contribution in [0.4, 0.5) is 0 Å². The first-order valence-corrected chi connectivity index (χ1v) is 5.87. The van der Waals surface area contributed by atoms with E-state index in [1.165, 1.54) is 36.7 Å². The van der Waals surface area contributed by atoms with Gasteiger partial charge >= 0.3 is 0 Å². The van der Waals surface area contributed by atoms with Crippen molar-refractivity contribution in [2.24, 2.45) is 11.8 Å². The maximum Gasteiger partial charge on any atom is 0.0114 e. The lowest BCUT2D eigenvalue weighted by Gasteiger charge is -2.25. The topological polar surface area (TPSA) is 0 Å². The first kappa shape index (κ1) is 8.73. The highest BCUT2D eigenvalue weighted by Crippen LogP contribution is 2.31. The normalized spacial score (nSPS) is 34.2. The number of hydrogen-bond donors (Lipinski definition) is 0. The van der Waals surface area contributed by atoms with Crippen LogP contribution in [0, 0.1) is 11.8 Å². The number of rotatable bonds is 2. The molecule has 0 spiro atoms. The monoisotopic (exact) mass is 178 g/mol. The molecule has 10 heavy (non-hydrogen) atoms. The van der Waals surface area contributed by atoms with Gasteiger partial charge in [0.2, 0.25) is 0 Å². The van der Waals surface area contributed by atoms with Gasteiger partial charge in [0, 0.05) is 5.75 Å². The fraction of sp³-hybridized carbons (Fsp3) is 1.00. The van der Waals surface area contributed by atoms with Crippen LogP contribution in [0.3, 0.4) is 0 Å². The van der Waals surface area contributed by atoms with E-state index >= 15 is 0 Å². The fourth-order valence-electron chi connectivity index (χ4n) is 1.80. The Morgan fingerprint density at radius 2 is 2.30 bits per heavy atom. The third-order valence-corrected chi connectivity index (χ3v) is 3.32. The van der Waals surface area contributed by atoms with E-state index in [9.17, 15) is 0 Å². The maximum absolute atomic E-state index is 5.60. The SMILES string of the molecule is CC1CCCC(CSCl)C1. The molecule has 0 radical (unpaired) electrons. The summed E-state index contributed by atoms with van der Waals surface area (Å²) in [7, 11) is 7.08. The molecule has 0 saturated heterocycles. The summed E-state index contributed by atoms with van der Waals surface area (Å²) in [5, 5.41) is 0. The van der Waals surface area contributed by atoms with Crippen molar-refractivity contribution in [1.82, 2.24) is 0 Å². The molecule has 1 fully saturated rings. The predicted molar refractivity (Wildman–Crippen MR) is 49.4 cm³/mol. The van der Waals surface area contributed by atoms with Crippen LogP contribution in [0.1, 0.15) is 32.6 Å². The Labute approximate surface area is 72.2 Å². The molecule has 0 nitrogen and oxygen atoms in total. The zero-order chi connectivity index (χ0) is 7.40. The lowest BCUT2D eigenvalue weighted by Crippen LogP contribution is -2.14. The molecule has 2 heteroatoms. The van der Waals surface area contributed by atoms with Crippen LogP contribution in [0.15, 0.2) is 0 Å². The Balaban J connectivity index is 2.18. The second-order valence-corrected chi connectivity index (χ2v) is 4.62. The average molecular weight is 179 g/mol. The van der Waals surface area contributed by atoms with Gasteiger partial charge in [0.15, 0.2) is 0 Å². The third kappa shape index (κ3) is 2.71. The van der Waals surface area contributed by atoms with E-state index < -0.39 is 0 Å². The summed E-state index contributed by atoms with van der Waals surface area (Å²) in [5.74, 6) is 3.01. The van der Waals surface area contributed by atoms with E-state index in [2.05, 4.69) is 6.92 Å². The van der Waals surface area contributed by atoms with Crippen LogP contribution in [0.2, 0.25) is 0 Å². The van der Waals surface area contributed by atoms with Crippen molar-refractivity contribution in [1.29, 1.82) is 0 Å². The van der Waals surface area contributed by atoms with Gasteiger partial charge in [-0.1, -0.05) is 30.7 Å². The molecule has 2 unspecified atom stereocenters. The largest absolute Gasteiger partial charge is 0.0625 e. The zero-order valence-corrected chi connectivity index (χ0v) is 8.05. The molecule has 60 valence electrons. The average Bonchev–Trinajstić information content (AvgIpc) is 1.88. The van der Waals surface area contributed by atoms with Gasteiger partial charge in [-0.15, -0.1) is 0 Å². The van der Waals surface area contributed by atoms with E-state index in [0.29, 0.717) is 0 Å². The molecule has 0 heterocycles. The molecule has 0 aromatic rings. The van der Waals surface area contributed by atoms with Crippen molar-refractivity contribution >= 4 is 21.7 Å². The molecule has 0 aromatic carbocycles. The van der Waals surface area contributed by atoms with Gasteiger partial charge in [-0.3, -0.25) is 0 Å². The molecule has 0 aromatic heterocycles. The Kier molecular flexibility index (Phi) is 3.93. The van der Waals surface area contributed by atoms with Crippen LogP contribution in [0.25, 0.3) is 0 Å². The molecule has 1 aliphatic rings. The summed E-state index contributed by atoms with van der Waals surface area (Å²) in [6.07, 6.45) is 5.66. The van der Waals surface area contributed by atoms with Gasteiger partial charge in [0.25, 0.3) is 0 Å². The quantitative estimate of drug-likeness (QED) is 0.622. The van der Waals surface area contributed by atoms with Crippen LogP contribution in [-0.2, 0) is 0 Å². The number of halogens is 1. The van der Waals surface area contributed by atoms with Crippen LogP contribution in [0.5, 0.6) is 0 Å². The van der Waals surface area contributed by atoms with Crippen LogP contribution in [-0.4, -0.2) is 5.75 Å². The summed E-state index contributed by atoms with van der Waals surface area (Å²) in [6, 6.07) is 0. The Morgan fingerprint density at radius 3 is 2.90 bits per heavy atom. The lowest BCUT2D eigenvalue weighted by molar-refractivity contribution is 0.305. The predicted octanol–water partition coefficient (Wildman–Crippen LogP) is 3.70. The first-order chi connectivity index (χ1) is 4.83. The molecule has 1 rings (SSSR count). The van der Waals surface area contributed by atoms with Crippen molar-refractivity contribution in [2.45, 2.75) is 32.6 Å². The maximum atomic E-state index is 5.60. The first-order valence-electron chi connectivity index (χ1n) is 4.06. The van der Waals surface area contributed by atoms with E-state index in [1.54, 1.807) is 0 Å². The highest BCUT2D eigenvalue weighted by molar-refractivity contribution is 8.21. The molecule has 0 bridgehead atoms. The summed E-state index contributed by atoms with van der Waals surface area (Å²) in [4.78, 5) is 0. The smallest absolute Gasteiger partial charge is 0.0114 e. The molecule has 0 N–H and O–H groups in total. The summed E-state index contributed by atoms with van der Waals surface area (Å²) in [6.45, 7) is 2.35. The van der Waals surface area contributed by atoms with Gasteiger partial charge in [-0.25, -0.2) is 0 Å². The molecular weight excluding hydrogens is 164 g/mol. The molecule has 2 atom stereocenters. The van der Waals surface area contributed by atoms with E-state index in [1.807, 2.05) is 0 Å². The standard InChI is InChI=1S/C8H15ClS/c1-7-3-2-4-8(5-7)6-10-9/h7-8H,2-6H2,1H3. The third-order valence-electron chi connectivity index (χ3n) is 2.34. The molecule has 0 aliphatic heterocycles. The number of hydrogen-bond acceptors (Lipinski definition) is 1. The van der Waals surface area contributed by atoms with Crippen LogP contribution < -0.4 is 0 Å². The Hall–Kier alpha value is 0.640. The highest BCUT2D eigenvalue weighted by Gasteiger charge is 2.17. The van der Waals surface area contributed by atoms with Gasteiger partial charge in [0.1, 0.15) is 0 Å². The van der Waals surface area contributed by atoms with Gasteiger partial charge in [0.05, 0.1) is 0 Å². The molecule has 1 saturated carbocycles. The van der Waals surface area contributed by atoms with Crippen molar-refractivity contribution in [3.05, 3.63) is 0 Å². The zero-order valence-electron chi connectivity index (χ0n) is 6.48. The Morgan fingerprint density at radius 1 is 1.50 bits per heavy atom. The van der Waals surface area contributed by atoms with E-state index in [0.717, 1.165) is 17.6 Å². The van der Waals surface area contributed by atoms with Gasteiger partial charge in [-0.2, -0.15) is 0 Å². The van der Waals surface area contributed by atoms with Gasteiger partial charge in [-0.05, 0) is 35.4 Å².